The highest BCUT2D eigenvalue weighted by Gasteiger charge is 2.15. The molecule has 0 radical (unpaired) electrons. The summed E-state index contributed by atoms with van der Waals surface area (Å²) in [4.78, 5) is 18.6. The Morgan fingerprint density at radius 2 is 1.86 bits per heavy atom. The van der Waals surface area contributed by atoms with Gasteiger partial charge in [-0.2, -0.15) is 4.98 Å². The lowest BCUT2D eigenvalue weighted by atomic mass is 10.2. The number of anilines is 1. The number of aromatic nitrogens is 3. The number of aryl methyl sites for hydroxylation is 2. The first-order valence-electron chi connectivity index (χ1n) is 8.95. The highest BCUT2D eigenvalue weighted by molar-refractivity contribution is 9.10. The van der Waals surface area contributed by atoms with E-state index in [4.69, 9.17) is 0 Å². The third-order valence-electron chi connectivity index (χ3n) is 4.15. The fourth-order valence-electron chi connectivity index (χ4n) is 2.75. The van der Waals surface area contributed by atoms with Crippen LogP contribution in [-0.2, 0) is 13.0 Å². The van der Waals surface area contributed by atoms with E-state index in [0.29, 0.717) is 16.2 Å². The lowest BCUT2D eigenvalue weighted by Gasteiger charge is -2.10. The van der Waals surface area contributed by atoms with Gasteiger partial charge in [-0.15, -0.1) is 16.4 Å². The summed E-state index contributed by atoms with van der Waals surface area (Å²) in [5.74, 6) is -0.111. The van der Waals surface area contributed by atoms with Crippen molar-refractivity contribution in [3.63, 3.8) is 0 Å². The zero-order chi connectivity index (χ0) is 20.1. The predicted molar refractivity (Wildman–Crippen MR) is 121 cm³/mol. The van der Waals surface area contributed by atoms with Gasteiger partial charge in [0.1, 0.15) is 0 Å². The Labute approximate surface area is 185 Å². The molecule has 0 aliphatic heterocycles. The van der Waals surface area contributed by atoms with Gasteiger partial charge in [0.05, 0.1) is 10.6 Å². The van der Waals surface area contributed by atoms with Crippen LogP contribution in [0, 0.1) is 0 Å². The highest BCUT2D eigenvalue weighted by Crippen LogP contribution is 2.33. The molecular formula is C21H17BrN4OS2. The molecule has 146 valence electrons. The summed E-state index contributed by atoms with van der Waals surface area (Å²) < 4.78 is 2.44. The molecule has 0 saturated carbocycles. The molecule has 0 spiro atoms. The van der Waals surface area contributed by atoms with E-state index in [-0.39, 0.29) is 5.91 Å². The number of hydrogen-bond donors (Lipinski definition) is 1. The molecule has 0 saturated heterocycles. The molecule has 0 atom stereocenters. The maximum Gasteiger partial charge on any atom is 0.265 e. The quantitative estimate of drug-likeness (QED) is 0.362. The fourth-order valence-corrected chi connectivity index (χ4v) is 4.79. The van der Waals surface area contributed by atoms with E-state index in [2.05, 4.69) is 43.5 Å². The molecule has 2 heterocycles. The van der Waals surface area contributed by atoms with Crippen molar-refractivity contribution >= 4 is 50.6 Å². The molecule has 2 aromatic heterocycles. The second-order valence-corrected chi connectivity index (χ2v) is 8.82. The van der Waals surface area contributed by atoms with Crippen LogP contribution in [0.15, 0.2) is 86.9 Å². The summed E-state index contributed by atoms with van der Waals surface area (Å²) in [7, 11) is 0. The number of carbonyl (C=O) groups is 1. The van der Waals surface area contributed by atoms with Crippen LogP contribution < -0.4 is 5.32 Å². The molecule has 8 heteroatoms. The number of rotatable bonds is 7. The summed E-state index contributed by atoms with van der Waals surface area (Å²) in [6, 6.07) is 21.7. The van der Waals surface area contributed by atoms with E-state index in [9.17, 15) is 4.79 Å². The number of hydrogen-bond acceptors (Lipinski definition) is 5. The van der Waals surface area contributed by atoms with Crippen LogP contribution in [0.3, 0.4) is 0 Å². The maximum atomic E-state index is 12.5. The van der Waals surface area contributed by atoms with Crippen molar-refractivity contribution in [2.75, 3.05) is 5.32 Å². The second kappa shape index (κ2) is 9.39. The van der Waals surface area contributed by atoms with E-state index in [1.165, 1.54) is 28.7 Å². The molecule has 0 fully saturated rings. The molecule has 4 aromatic rings. The standard InChI is InChI=1S/C21H17BrN4OS2/c22-20-24-21(26(25-20)13-12-15-7-2-1-3-8-15)29-17-10-5-4-9-16(17)23-19(27)18-11-6-14-28-18/h1-11,14H,12-13H2,(H,23,27). The van der Waals surface area contributed by atoms with Gasteiger partial charge in [-0.1, -0.05) is 48.5 Å². The van der Waals surface area contributed by atoms with Crippen LogP contribution in [0.4, 0.5) is 5.69 Å². The monoisotopic (exact) mass is 484 g/mol. The predicted octanol–water partition coefficient (Wildman–Crippen LogP) is 5.75. The minimum atomic E-state index is -0.111. The Kier molecular flexibility index (Phi) is 6.43. The lowest BCUT2D eigenvalue weighted by Crippen LogP contribution is -2.11. The van der Waals surface area contributed by atoms with Crippen LogP contribution in [0.1, 0.15) is 15.2 Å². The average molecular weight is 485 g/mol. The Morgan fingerprint density at radius 1 is 1.07 bits per heavy atom. The number of benzene rings is 2. The molecule has 0 unspecified atom stereocenters. The van der Waals surface area contributed by atoms with Crippen molar-refractivity contribution in [3.8, 4) is 0 Å². The van der Waals surface area contributed by atoms with Crippen molar-refractivity contribution in [2.45, 2.75) is 23.0 Å². The number of halogens is 1. The normalized spacial score (nSPS) is 10.8. The Bertz CT molecular complexity index is 1100. The van der Waals surface area contributed by atoms with Crippen molar-refractivity contribution in [3.05, 3.63) is 87.3 Å². The number of nitrogens with one attached hydrogen (secondary N) is 1. The van der Waals surface area contributed by atoms with E-state index >= 15 is 0 Å². The Balaban J connectivity index is 1.52. The summed E-state index contributed by atoms with van der Waals surface area (Å²) in [6.07, 6.45) is 0.862. The van der Waals surface area contributed by atoms with Gasteiger partial charge in [-0.3, -0.25) is 4.79 Å². The molecular weight excluding hydrogens is 468 g/mol. The minimum Gasteiger partial charge on any atom is -0.320 e. The van der Waals surface area contributed by atoms with Gasteiger partial charge in [0.25, 0.3) is 5.91 Å². The molecule has 4 rings (SSSR count). The second-order valence-electron chi connectivity index (χ2n) is 6.15. The first-order valence-corrected chi connectivity index (χ1v) is 11.4. The summed E-state index contributed by atoms with van der Waals surface area (Å²) in [5, 5.41) is 10.1. The zero-order valence-corrected chi connectivity index (χ0v) is 18.5. The number of amides is 1. The first kappa shape index (κ1) is 19.9. The molecule has 1 N–H and O–H groups in total. The van der Waals surface area contributed by atoms with Gasteiger partial charge < -0.3 is 5.32 Å². The largest absolute Gasteiger partial charge is 0.320 e. The van der Waals surface area contributed by atoms with Gasteiger partial charge in [0.2, 0.25) is 4.73 Å². The minimum absolute atomic E-state index is 0.111. The first-order chi connectivity index (χ1) is 14.2. The van der Waals surface area contributed by atoms with Gasteiger partial charge in [-0.05, 0) is 63.3 Å². The lowest BCUT2D eigenvalue weighted by molar-refractivity contribution is 0.103. The SMILES string of the molecule is O=C(Nc1ccccc1Sc1nc(Br)nn1CCc1ccccc1)c1cccs1. The Morgan fingerprint density at radius 3 is 2.66 bits per heavy atom. The fraction of sp³-hybridized carbons (Fsp3) is 0.0952. The molecule has 1 amide bonds. The molecule has 0 bridgehead atoms. The molecule has 0 aliphatic carbocycles. The summed E-state index contributed by atoms with van der Waals surface area (Å²) >= 11 is 6.29. The van der Waals surface area contributed by atoms with Crippen molar-refractivity contribution in [1.29, 1.82) is 0 Å². The van der Waals surface area contributed by atoms with Gasteiger partial charge >= 0.3 is 0 Å². The van der Waals surface area contributed by atoms with Crippen molar-refractivity contribution in [1.82, 2.24) is 14.8 Å². The van der Waals surface area contributed by atoms with Crippen LogP contribution >= 0.6 is 39.0 Å². The number of carbonyl (C=O) groups excluding carboxylic acids is 1. The van der Waals surface area contributed by atoms with Gasteiger partial charge in [0, 0.05) is 11.4 Å². The zero-order valence-electron chi connectivity index (χ0n) is 15.3. The van der Waals surface area contributed by atoms with Crippen LogP contribution in [-0.4, -0.2) is 20.7 Å². The number of thiophene rings is 1. The molecule has 0 aliphatic rings. The number of nitrogens with zero attached hydrogens (tertiary/aromatic N) is 3. The van der Waals surface area contributed by atoms with E-state index < -0.39 is 0 Å². The van der Waals surface area contributed by atoms with Gasteiger partial charge in [-0.25, -0.2) is 4.68 Å². The molecule has 2 aromatic carbocycles. The smallest absolute Gasteiger partial charge is 0.265 e. The van der Waals surface area contributed by atoms with Crippen LogP contribution in [0.25, 0.3) is 0 Å². The third kappa shape index (κ3) is 5.14. The van der Waals surface area contributed by atoms with E-state index in [0.717, 1.165) is 22.2 Å². The Hall–Kier alpha value is -2.42. The topological polar surface area (TPSA) is 59.8 Å². The van der Waals surface area contributed by atoms with E-state index in [1.807, 2.05) is 64.7 Å². The number of para-hydroxylation sites is 1. The van der Waals surface area contributed by atoms with Crippen molar-refractivity contribution < 1.29 is 4.79 Å². The highest BCUT2D eigenvalue weighted by atomic mass is 79.9. The molecule has 29 heavy (non-hydrogen) atoms. The van der Waals surface area contributed by atoms with E-state index in [1.54, 1.807) is 0 Å². The summed E-state index contributed by atoms with van der Waals surface area (Å²) in [5.41, 5.74) is 2.00. The molecule has 5 nitrogen and oxygen atoms in total. The summed E-state index contributed by atoms with van der Waals surface area (Å²) in [6.45, 7) is 0.717. The average Bonchev–Trinajstić information content (AvgIpc) is 3.39. The van der Waals surface area contributed by atoms with Crippen molar-refractivity contribution in [2.24, 2.45) is 0 Å². The van der Waals surface area contributed by atoms with Gasteiger partial charge in [0.15, 0.2) is 5.16 Å². The third-order valence-corrected chi connectivity index (χ3v) is 6.41. The van der Waals surface area contributed by atoms with Crippen LogP contribution in [0.5, 0.6) is 0 Å². The maximum absolute atomic E-state index is 12.5. The van der Waals surface area contributed by atoms with Crippen LogP contribution in [0.2, 0.25) is 0 Å².